The summed E-state index contributed by atoms with van der Waals surface area (Å²) in [5, 5.41) is 3.69. The molecule has 1 aromatic carbocycles. The van der Waals surface area contributed by atoms with E-state index < -0.39 is 0 Å². The van der Waals surface area contributed by atoms with Crippen LogP contribution in [0.25, 0.3) is 10.1 Å². The van der Waals surface area contributed by atoms with Crippen molar-refractivity contribution in [2.45, 2.75) is 18.9 Å². The molecule has 0 atom stereocenters. The minimum Gasteiger partial charge on any atom is -0.483 e. The van der Waals surface area contributed by atoms with E-state index in [9.17, 15) is 9.59 Å². The van der Waals surface area contributed by atoms with Gasteiger partial charge in [0, 0.05) is 16.1 Å². The summed E-state index contributed by atoms with van der Waals surface area (Å²) in [6.45, 7) is -0.0149. The summed E-state index contributed by atoms with van der Waals surface area (Å²) in [6.07, 6.45) is 2.10. The Morgan fingerprint density at radius 2 is 2.19 bits per heavy atom. The topological polar surface area (TPSA) is 64.6 Å². The number of carbonyl (C=O) groups excluding carboxylic acids is 2. The Balaban J connectivity index is 1.76. The fraction of sp³-hybridized carbons (Fsp3) is 0.333. The van der Waals surface area contributed by atoms with Crippen LogP contribution >= 0.6 is 11.3 Å². The van der Waals surface area contributed by atoms with E-state index in [2.05, 4.69) is 5.32 Å². The monoisotopic (exact) mass is 305 g/mol. The van der Waals surface area contributed by atoms with Crippen molar-refractivity contribution in [2.75, 3.05) is 13.7 Å². The average molecular weight is 305 g/mol. The third-order valence-corrected chi connectivity index (χ3v) is 4.29. The Bertz CT molecular complexity index is 690. The van der Waals surface area contributed by atoms with Crippen molar-refractivity contribution in [3.63, 3.8) is 0 Å². The molecule has 1 heterocycles. The zero-order valence-electron chi connectivity index (χ0n) is 11.5. The highest BCUT2D eigenvalue weighted by atomic mass is 32.1. The van der Waals surface area contributed by atoms with E-state index in [0.29, 0.717) is 16.7 Å². The van der Waals surface area contributed by atoms with Gasteiger partial charge in [-0.2, -0.15) is 0 Å². The van der Waals surface area contributed by atoms with Gasteiger partial charge >= 0.3 is 5.97 Å². The summed E-state index contributed by atoms with van der Waals surface area (Å²) in [7, 11) is 1.35. The quantitative estimate of drug-likeness (QED) is 0.861. The molecule has 1 amide bonds. The van der Waals surface area contributed by atoms with E-state index in [1.54, 1.807) is 12.1 Å². The first-order valence-corrected chi connectivity index (χ1v) is 7.52. The Kier molecular flexibility index (Phi) is 3.79. The molecule has 1 saturated carbocycles. The van der Waals surface area contributed by atoms with Crippen LogP contribution in [0.2, 0.25) is 0 Å². The molecule has 0 saturated heterocycles. The van der Waals surface area contributed by atoms with Crippen LogP contribution in [0.15, 0.2) is 24.3 Å². The number of benzene rings is 1. The molecule has 0 spiro atoms. The maximum atomic E-state index is 11.7. The minimum atomic E-state index is -0.367. The Morgan fingerprint density at radius 3 is 2.90 bits per heavy atom. The molecule has 21 heavy (non-hydrogen) atoms. The van der Waals surface area contributed by atoms with Crippen molar-refractivity contribution < 1.29 is 19.1 Å². The molecular formula is C15H15NO4S. The second-order valence-electron chi connectivity index (χ2n) is 4.90. The maximum absolute atomic E-state index is 11.7. The number of carbonyl (C=O) groups is 2. The van der Waals surface area contributed by atoms with Gasteiger partial charge in [-0.1, -0.05) is 6.07 Å². The van der Waals surface area contributed by atoms with E-state index in [1.165, 1.54) is 18.4 Å². The summed E-state index contributed by atoms with van der Waals surface area (Å²) in [5.74, 6) is 0.122. The van der Waals surface area contributed by atoms with Gasteiger partial charge in [-0.25, -0.2) is 4.79 Å². The van der Waals surface area contributed by atoms with Crippen LogP contribution in [0, 0.1) is 0 Å². The number of hydrogen-bond acceptors (Lipinski definition) is 5. The van der Waals surface area contributed by atoms with Crippen LogP contribution in [-0.4, -0.2) is 31.6 Å². The second-order valence-corrected chi connectivity index (χ2v) is 5.98. The van der Waals surface area contributed by atoms with Gasteiger partial charge in [0.25, 0.3) is 5.91 Å². The number of methoxy groups -OCH3 is 1. The molecule has 1 aromatic heterocycles. The molecule has 1 aliphatic rings. The predicted molar refractivity (Wildman–Crippen MR) is 79.8 cm³/mol. The molecule has 0 radical (unpaired) electrons. The third kappa shape index (κ3) is 3.16. The second kappa shape index (κ2) is 5.73. The first-order chi connectivity index (χ1) is 10.2. The lowest BCUT2D eigenvalue weighted by molar-refractivity contribution is -0.123. The minimum absolute atomic E-state index is 0.0149. The molecule has 0 bridgehead atoms. The first-order valence-electron chi connectivity index (χ1n) is 6.70. The van der Waals surface area contributed by atoms with Crippen LogP contribution < -0.4 is 10.1 Å². The van der Waals surface area contributed by atoms with E-state index in [0.717, 1.165) is 22.9 Å². The third-order valence-electron chi connectivity index (χ3n) is 3.21. The van der Waals surface area contributed by atoms with Crippen molar-refractivity contribution in [2.24, 2.45) is 0 Å². The molecule has 1 aliphatic carbocycles. The molecule has 1 fully saturated rings. The fourth-order valence-corrected chi connectivity index (χ4v) is 3.00. The average Bonchev–Trinajstić information content (AvgIpc) is 3.18. The zero-order valence-corrected chi connectivity index (χ0v) is 12.4. The van der Waals surface area contributed by atoms with Crippen LogP contribution in [-0.2, 0) is 9.53 Å². The highest BCUT2D eigenvalue weighted by molar-refractivity contribution is 7.20. The lowest BCUT2D eigenvalue weighted by atomic mass is 10.2. The summed E-state index contributed by atoms with van der Waals surface area (Å²) in [6, 6.07) is 7.60. The van der Waals surface area contributed by atoms with Crippen molar-refractivity contribution in [3.05, 3.63) is 29.1 Å². The van der Waals surface area contributed by atoms with Crippen molar-refractivity contribution in [1.29, 1.82) is 0 Å². The lowest BCUT2D eigenvalue weighted by Gasteiger charge is -2.07. The zero-order chi connectivity index (χ0) is 14.8. The molecular weight excluding hydrogens is 290 g/mol. The number of rotatable bonds is 5. The highest BCUT2D eigenvalue weighted by Crippen LogP contribution is 2.33. The smallest absolute Gasteiger partial charge is 0.348 e. The van der Waals surface area contributed by atoms with Crippen molar-refractivity contribution >= 4 is 33.3 Å². The highest BCUT2D eigenvalue weighted by Gasteiger charge is 2.23. The molecule has 3 rings (SSSR count). The lowest BCUT2D eigenvalue weighted by Crippen LogP contribution is -2.30. The summed E-state index contributed by atoms with van der Waals surface area (Å²) in [5.41, 5.74) is 0. The van der Waals surface area contributed by atoms with Crippen LogP contribution in [0.5, 0.6) is 5.75 Å². The van der Waals surface area contributed by atoms with Crippen molar-refractivity contribution in [3.8, 4) is 5.75 Å². The van der Waals surface area contributed by atoms with E-state index in [4.69, 9.17) is 9.47 Å². The number of ether oxygens (including phenoxy) is 2. The largest absolute Gasteiger partial charge is 0.483 e. The molecule has 1 N–H and O–H groups in total. The SMILES string of the molecule is COC(=O)c1cc2c(OCC(=O)NC3CC3)cccc2s1. The summed E-state index contributed by atoms with van der Waals surface area (Å²) in [4.78, 5) is 23.7. The van der Waals surface area contributed by atoms with Crippen LogP contribution in [0.4, 0.5) is 0 Å². The standard InChI is InChI=1S/C15H15NO4S/c1-19-15(18)13-7-10-11(3-2-4-12(10)21-13)20-8-14(17)16-9-5-6-9/h2-4,7,9H,5-6,8H2,1H3,(H,16,17). The normalized spacial score (nSPS) is 14.0. The number of hydrogen-bond donors (Lipinski definition) is 1. The number of amides is 1. The van der Waals surface area contributed by atoms with E-state index in [-0.39, 0.29) is 18.5 Å². The Morgan fingerprint density at radius 1 is 1.38 bits per heavy atom. The van der Waals surface area contributed by atoms with Gasteiger partial charge in [0.15, 0.2) is 6.61 Å². The molecule has 5 nitrogen and oxygen atoms in total. The molecule has 0 aliphatic heterocycles. The van der Waals surface area contributed by atoms with Gasteiger partial charge in [-0.3, -0.25) is 4.79 Å². The van der Waals surface area contributed by atoms with Gasteiger partial charge in [-0.15, -0.1) is 11.3 Å². The molecule has 110 valence electrons. The van der Waals surface area contributed by atoms with E-state index >= 15 is 0 Å². The fourth-order valence-electron chi connectivity index (χ4n) is 2.00. The van der Waals surface area contributed by atoms with Gasteiger partial charge in [0.1, 0.15) is 10.6 Å². The number of nitrogens with one attached hydrogen (secondary N) is 1. The first kappa shape index (κ1) is 13.9. The predicted octanol–water partition coefficient (Wildman–Crippen LogP) is 2.35. The van der Waals surface area contributed by atoms with Crippen LogP contribution in [0.1, 0.15) is 22.5 Å². The molecule has 6 heteroatoms. The summed E-state index contributed by atoms with van der Waals surface area (Å²) >= 11 is 1.34. The van der Waals surface area contributed by atoms with Crippen LogP contribution in [0.3, 0.4) is 0 Å². The molecule has 2 aromatic rings. The van der Waals surface area contributed by atoms with Gasteiger partial charge in [-0.05, 0) is 31.0 Å². The Labute approximate surface area is 125 Å². The Hall–Kier alpha value is -2.08. The van der Waals surface area contributed by atoms with Gasteiger partial charge in [0.05, 0.1) is 7.11 Å². The molecule has 0 unspecified atom stereocenters. The number of thiophene rings is 1. The van der Waals surface area contributed by atoms with Crippen molar-refractivity contribution in [1.82, 2.24) is 5.32 Å². The summed E-state index contributed by atoms with van der Waals surface area (Å²) < 4.78 is 11.2. The maximum Gasteiger partial charge on any atom is 0.348 e. The van der Waals surface area contributed by atoms with Gasteiger partial charge in [0.2, 0.25) is 0 Å². The van der Waals surface area contributed by atoms with Gasteiger partial charge < -0.3 is 14.8 Å². The number of fused-ring (bicyclic) bond motifs is 1. The van der Waals surface area contributed by atoms with E-state index in [1.807, 2.05) is 12.1 Å². The number of esters is 1.